The highest BCUT2D eigenvalue weighted by molar-refractivity contribution is 6.29. The monoisotopic (exact) mass is 245 g/mol. The van der Waals surface area contributed by atoms with Crippen LogP contribution < -0.4 is 5.32 Å². The van der Waals surface area contributed by atoms with Crippen LogP contribution in [0.2, 0.25) is 5.22 Å². The number of aliphatic carboxylic acids is 1. The van der Waals surface area contributed by atoms with Crippen molar-refractivity contribution in [3.8, 4) is 0 Å². The van der Waals surface area contributed by atoms with Gasteiger partial charge in [-0.2, -0.15) is 0 Å². The molecule has 1 atom stereocenters. The van der Waals surface area contributed by atoms with Gasteiger partial charge in [-0.15, -0.1) is 0 Å². The van der Waals surface area contributed by atoms with Crippen LogP contribution in [-0.4, -0.2) is 23.5 Å². The van der Waals surface area contributed by atoms with E-state index in [1.165, 1.54) is 12.1 Å². The number of carbonyl (C=O) groups is 2. The number of hydrogen-bond acceptors (Lipinski definition) is 3. The Morgan fingerprint density at radius 1 is 1.56 bits per heavy atom. The number of carboxylic acids is 1. The molecule has 0 aliphatic rings. The Balaban J connectivity index is 2.49. The summed E-state index contributed by atoms with van der Waals surface area (Å²) < 4.78 is 4.88. The van der Waals surface area contributed by atoms with E-state index in [0.29, 0.717) is 6.42 Å². The molecule has 0 saturated heterocycles. The van der Waals surface area contributed by atoms with Gasteiger partial charge < -0.3 is 14.8 Å². The summed E-state index contributed by atoms with van der Waals surface area (Å²) in [6.45, 7) is 1.82. The van der Waals surface area contributed by atoms with Gasteiger partial charge in [0, 0.05) is 6.54 Å². The number of carboxylic acid groups (broad SMARTS) is 1. The average molecular weight is 246 g/mol. The molecule has 1 amide bonds. The van der Waals surface area contributed by atoms with E-state index in [9.17, 15) is 9.59 Å². The Hall–Kier alpha value is -1.49. The van der Waals surface area contributed by atoms with Crippen molar-refractivity contribution in [3.63, 3.8) is 0 Å². The zero-order valence-corrected chi connectivity index (χ0v) is 9.45. The van der Waals surface area contributed by atoms with Crippen molar-refractivity contribution in [1.29, 1.82) is 0 Å². The van der Waals surface area contributed by atoms with E-state index in [2.05, 4.69) is 5.32 Å². The van der Waals surface area contributed by atoms with E-state index in [1.54, 1.807) is 6.92 Å². The third-order valence-corrected chi connectivity index (χ3v) is 2.35. The van der Waals surface area contributed by atoms with Crippen LogP contribution in [0.4, 0.5) is 0 Å². The van der Waals surface area contributed by atoms with Gasteiger partial charge >= 0.3 is 5.97 Å². The third-order valence-electron chi connectivity index (χ3n) is 2.15. The third kappa shape index (κ3) is 3.27. The van der Waals surface area contributed by atoms with Crippen molar-refractivity contribution in [2.45, 2.75) is 13.3 Å². The number of amides is 1. The molecule has 1 aromatic rings. The molecule has 0 spiro atoms. The van der Waals surface area contributed by atoms with Crippen molar-refractivity contribution in [2.24, 2.45) is 5.92 Å². The highest BCUT2D eigenvalue weighted by atomic mass is 35.5. The quantitative estimate of drug-likeness (QED) is 0.829. The standard InChI is InChI=1S/C10H12ClNO4/c1-2-6(10(14)15)5-12-9(13)7-3-4-8(11)16-7/h3-4,6H,2,5H2,1H3,(H,12,13)(H,14,15). The van der Waals surface area contributed by atoms with Crippen molar-refractivity contribution in [1.82, 2.24) is 5.32 Å². The van der Waals surface area contributed by atoms with Crippen molar-refractivity contribution < 1.29 is 19.1 Å². The zero-order valence-electron chi connectivity index (χ0n) is 8.70. The van der Waals surface area contributed by atoms with Crippen LogP contribution in [0.3, 0.4) is 0 Å². The molecule has 1 unspecified atom stereocenters. The summed E-state index contributed by atoms with van der Waals surface area (Å²) in [7, 11) is 0. The second kappa shape index (κ2) is 5.55. The zero-order chi connectivity index (χ0) is 12.1. The number of halogens is 1. The molecule has 1 rings (SSSR count). The first kappa shape index (κ1) is 12.6. The normalized spacial score (nSPS) is 12.1. The number of rotatable bonds is 5. The van der Waals surface area contributed by atoms with E-state index in [4.69, 9.17) is 21.1 Å². The average Bonchev–Trinajstić information content (AvgIpc) is 2.65. The number of furan rings is 1. The lowest BCUT2D eigenvalue weighted by Gasteiger charge is -2.09. The SMILES string of the molecule is CCC(CNC(=O)c1ccc(Cl)o1)C(=O)O. The maximum absolute atomic E-state index is 11.4. The van der Waals surface area contributed by atoms with Crippen molar-refractivity contribution in [2.75, 3.05) is 6.54 Å². The van der Waals surface area contributed by atoms with Crippen LogP contribution in [0.25, 0.3) is 0 Å². The minimum Gasteiger partial charge on any atom is -0.481 e. The Morgan fingerprint density at radius 2 is 2.25 bits per heavy atom. The molecule has 16 heavy (non-hydrogen) atoms. The summed E-state index contributed by atoms with van der Waals surface area (Å²) in [5.74, 6) is -1.91. The molecule has 0 fully saturated rings. The van der Waals surface area contributed by atoms with Crippen LogP contribution in [0.5, 0.6) is 0 Å². The highest BCUT2D eigenvalue weighted by Gasteiger charge is 2.17. The molecule has 1 aromatic heterocycles. The van der Waals surface area contributed by atoms with Crippen LogP contribution >= 0.6 is 11.6 Å². The molecule has 2 N–H and O–H groups in total. The largest absolute Gasteiger partial charge is 0.481 e. The molecule has 0 saturated carbocycles. The van der Waals surface area contributed by atoms with Gasteiger partial charge in [0.1, 0.15) is 0 Å². The van der Waals surface area contributed by atoms with Gasteiger partial charge in [-0.3, -0.25) is 9.59 Å². The van der Waals surface area contributed by atoms with Crippen molar-refractivity contribution in [3.05, 3.63) is 23.1 Å². The lowest BCUT2D eigenvalue weighted by Crippen LogP contribution is -2.32. The van der Waals surface area contributed by atoms with E-state index in [-0.39, 0.29) is 17.5 Å². The van der Waals surface area contributed by atoms with E-state index in [0.717, 1.165) is 0 Å². The number of nitrogens with one attached hydrogen (secondary N) is 1. The first-order valence-corrected chi connectivity index (χ1v) is 5.18. The summed E-state index contributed by atoms with van der Waals surface area (Å²) >= 11 is 5.50. The molecule has 0 bridgehead atoms. The Kier molecular flexibility index (Phi) is 4.37. The smallest absolute Gasteiger partial charge is 0.308 e. The predicted octanol–water partition coefficient (Wildman–Crippen LogP) is 1.77. The van der Waals surface area contributed by atoms with Gasteiger partial charge in [-0.1, -0.05) is 6.92 Å². The Bertz CT molecular complexity index is 388. The Morgan fingerprint density at radius 3 is 2.69 bits per heavy atom. The summed E-state index contributed by atoms with van der Waals surface area (Å²) in [6, 6.07) is 2.88. The summed E-state index contributed by atoms with van der Waals surface area (Å²) in [5, 5.41) is 11.4. The fourth-order valence-corrected chi connectivity index (χ4v) is 1.29. The summed E-state index contributed by atoms with van der Waals surface area (Å²) in [6.07, 6.45) is 0.453. The maximum Gasteiger partial charge on any atom is 0.308 e. The first-order valence-electron chi connectivity index (χ1n) is 4.81. The molecular weight excluding hydrogens is 234 g/mol. The van der Waals surface area contributed by atoms with Gasteiger partial charge in [0.2, 0.25) is 0 Å². The van der Waals surface area contributed by atoms with Gasteiger partial charge in [-0.25, -0.2) is 0 Å². The minimum absolute atomic E-state index is 0.0724. The molecule has 0 radical (unpaired) electrons. The second-order valence-electron chi connectivity index (χ2n) is 3.26. The number of hydrogen-bond donors (Lipinski definition) is 2. The fourth-order valence-electron chi connectivity index (χ4n) is 1.15. The van der Waals surface area contributed by atoms with Crippen LogP contribution in [0.1, 0.15) is 23.9 Å². The molecule has 1 heterocycles. The molecule has 88 valence electrons. The van der Waals surface area contributed by atoms with Crippen LogP contribution in [0.15, 0.2) is 16.5 Å². The topological polar surface area (TPSA) is 79.5 Å². The maximum atomic E-state index is 11.4. The molecule has 5 nitrogen and oxygen atoms in total. The van der Waals surface area contributed by atoms with Crippen LogP contribution in [0, 0.1) is 5.92 Å². The van der Waals surface area contributed by atoms with E-state index >= 15 is 0 Å². The first-order chi connectivity index (χ1) is 7.54. The summed E-state index contributed by atoms with van der Waals surface area (Å²) in [4.78, 5) is 22.1. The van der Waals surface area contributed by atoms with Gasteiger partial charge in [-0.05, 0) is 30.2 Å². The molecular formula is C10H12ClNO4. The van der Waals surface area contributed by atoms with E-state index in [1.807, 2.05) is 0 Å². The molecule has 0 aliphatic heterocycles. The lowest BCUT2D eigenvalue weighted by atomic mass is 10.1. The summed E-state index contributed by atoms with van der Waals surface area (Å²) in [5.41, 5.74) is 0. The lowest BCUT2D eigenvalue weighted by molar-refractivity contribution is -0.141. The minimum atomic E-state index is -0.930. The predicted molar refractivity (Wildman–Crippen MR) is 57.5 cm³/mol. The van der Waals surface area contributed by atoms with Crippen molar-refractivity contribution >= 4 is 23.5 Å². The van der Waals surface area contributed by atoms with Gasteiger partial charge in [0.05, 0.1) is 5.92 Å². The molecule has 0 aromatic carbocycles. The number of carbonyl (C=O) groups excluding carboxylic acids is 1. The van der Waals surface area contributed by atoms with E-state index < -0.39 is 17.8 Å². The molecule has 6 heteroatoms. The fraction of sp³-hybridized carbons (Fsp3) is 0.400. The molecule has 0 aliphatic carbocycles. The highest BCUT2D eigenvalue weighted by Crippen LogP contribution is 2.13. The van der Waals surface area contributed by atoms with Gasteiger partial charge in [0.25, 0.3) is 5.91 Å². The Labute approximate surface area is 97.4 Å². The second-order valence-corrected chi connectivity index (χ2v) is 3.63. The van der Waals surface area contributed by atoms with Crippen LogP contribution in [-0.2, 0) is 4.79 Å². The van der Waals surface area contributed by atoms with Gasteiger partial charge in [0.15, 0.2) is 11.0 Å².